The number of carbonyl (C=O) groups excluding carboxylic acids is 1. The monoisotopic (exact) mass is 286 g/mol. The van der Waals surface area contributed by atoms with Gasteiger partial charge in [-0.2, -0.15) is 0 Å². The third kappa shape index (κ3) is 4.48. The first-order chi connectivity index (χ1) is 8.66. The maximum atomic E-state index is 12.9. The number of halogens is 2. The van der Waals surface area contributed by atoms with Crippen molar-refractivity contribution in [3.63, 3.8) is 0 Å². The summed E-state index contributed by atoms with van der Waals surface area (Å²) in [5.74, 6) is -0.0938. The van der Waals surface area contributed by atoms with Crippen molar-refractivity contribution in [2.24, 2.45) is 0 Å². The van der Waals surface area contributed by atoms with Gasteiger partial charge in [0.15, 0.2) is 0 Å². The van der Waals surface area contributed by atoms with Gasteiger partial charge in [0.1, 0.15) is 6.17 Å². The molecule has 0 saturated carbocycles. The number of hydrogen-bond donors (Lipinski definition) is 2. The van der Waals surface area contributed by atoms with Crippen molar-refractivity contribution in [2.75, 3.05) is 13.1 Å². The van der Waals surface area contributed by atoms with Crippen molar-refractivity contribution in [3.8, 4) is 0 Å². The van der Waals surface area contributed by atoms with Gasteiger partial charge in [0.2, 0.25) is 5.91 Å². The minimum atomic E-state index is -0.892. The number of carbonyl (C=O) groups is 1. The summed E-state index contributed by atoms with van der Waals surface area (Å²) >= 11 is 0. The summed E-state index contributed by atoms with van der Waals surface area (Å²) < 4.78 is 12.9. The second-order valence-electron chi connectivity index (χ2n) is 4.76. The summed E-state index contributed by atoms with van der Waals surface area (Å²) in [6.07, 6.45) is 0.206. The molecule has 1 aromatic carbocycles. The zero-order valence-electron chi connectivity index (χ0n) is 11.0. The maximum absolute atomic E-state index is 12.9. The molecule has 0 spiro atoms. The highest BCUT2D eigenvalue weighted by atomic mass is 35.5. The van der Waals surface area contributed by atoms with E-state index in [-0.39, 0.29) is 37.3 Å². The Morgan fingerprint density at radius 2 is 2.21 bits per heavy atom. The van der Waals surface area contributed by atoms with Crippen LogP contribution in [-0.4, -0.2) is 31.2 Å². The smallest absolute Gasteiger partial charge is 0.237 e. The number of alkyl halides is 1. The summed E-state index contributed by atoms with van der Waals surface area (Å²) in [5.41, 5.74) is 2.47. The molecule has 1 aliphatic heterocycles. The first-order valence-corrected chi connectivity index (χ1v) is 6.36. The number of amides is 1. The van der Waals surface area contributed by atoms with E-state index in [9.17, 15) is 9.18 Å². The molecule has 1 aromatic rings. The van der Waals surface area contributed by atoms with Gasteiger partial charge in [-0.05, 0) is 24.5 Å². The van der Waals surface area contributed by atoms with Crippen LogP contribution in [0.3, 0.4) is 0 Å². The second-order valence-corrected chi connectivity index (χ2v) is 4.76. The van der Waals surface area contributed by atoms with Crippen LogP contribution >= 0.6 is 12.4 Å². The third-order valence-electron chi connectivity index (χ3n) is 3.35. The standard InChI is InChI=1S/C14H19FN2O.ClH/c1-10-4-2-3-5-11(10)6-7-16-14(18)13-8-12(15)9-17-13;/h2-5,12-13,17H,6-9H2,1H3,(H,16,18);1H/t12-,13+;/m0./s1. The van der Waals surface area contributed by atoms with E-state index < -0.39 is 6.17 Å². The molecule has 19 heavy (non-hydrogen) atoms. The fourth-order valence-electron chi connectivity index (χ4n) is 2.23. The molecule has 0 aromatic heterocycles. The van der Waals surface area contributed by atoms with Crippen LogP contribution in [0.1, 0.15) is 17.5 Å². The lowest BCUT2D eigenvalue weighted by Gasteiger charge is -2.11. The first-order valence-electron chi connectivity index (χ1n) is 6.36. The molecule has 0 radical (unpaired) electrons. The molecular formula is C14H20ClFN2O. The van der Waals surface area contributed by atoms with Crippen molar-refractivity contribution < 1.29 is 9.18 Å². The SMILES string of the molecule is Cc1ccccc1CCNC(=O)[C@H]1C[C@H](F)CN1.Cl. The van der Waals surface area contributed by atoms with Gasteiger partial charge in [0.25, 0.3) is 0 Å². The van der Waals surface area contributed by atoms with Crippen LogP contribution in [0, 0.1) is 6.92 Å². The van der Waals surface area contributed by atoms with E-state index in [1.54, 1.807) is 0 Å². The molecule has 2 atom stereocenters. The molecule has 1 aliphatic rings. The van der Waals surface area contributed by atoms with Crippen molar-refractivity contribution in [2.45, 2.75) is 32.0 Å². The molecular weight excluding hydrogens is 267 g/mol. The molecule has 0 bridgehead atoms. The number of benzene rings is 1. The Hall–Kier alpha value is -1.13. The van der Waals surface area contributed by atoms with Gasteiger partial charge in [0.05, 0.1) is 6.04 Å². The van der Waals surface area contributed by atoms with Gasteiger partial charge < -0.3 is 10.6 Å². The molecule has 1 fully saturated rings. The third-order valence-corrected chi connectivity index (χ3v) is 3.35. The Morgan fingerprint density at radius 3 is 2.84 bits per heavy atom. The molecule has 0 aliphatic carbocycles. The summed E-state index contributed by atoms with van der Waals surface area (Å²) in [6, 6.07) is 7.75. The Labute approximate surface area is 119 Å². The molecule has 1 amide bonds. The Bertz CT molecular complexity index is 428. The van der Waals surface area contributed by atoms with E-state index in [0.717, 1.165) is 6.42 Å². The van der Waals surface area contributed by atoms with Crippen LogP contribution in [-0.2, 0) is 11.2 Å². The molecule has 5 heteroatoms. The normalized spacial score (nSPS) is 21.8. The summed E-state index contributed by atoms with van der Waals surface area (Å²) in [4.78, 5) is 11.7. The number of hydrogen-bond acceptors (Lipinski definition) is 2. The second kappa shape index (κ2) is 7.46. The zero-order chi connectivity index (χ0) is 13.0. The topological polar surface area (TPSA) is 41.1 Å². The summed E-state index contributed by atoms with van der Waals surface area (Å²) in [7, 11) is 0. The number of aryl methyl sites for hydroxylation is 1. The van der Waals surface area contributed by atoms with Crippen molar-refractivity contribution >= 4 is 18.3 Å². The highest BCUT2D eigenvalue weighted by Crippen LogP contribution is 2.10. The van der Waals surface area contributed by atoms with E-state index in [2.05, 4.69) is 29.7 Å². The van der Waals surface area contributed by atoms with Gasteiger partial charge in [-0.1, -0.05) is 24.3 Å². The minimum Gasteiger partial charge on any atom is -0.354 e. The molecule has 1 saturated heterocycles. The van der Waals surface area contributed by atoms with Gasteiger partial charge >= 0.3 is 0 Å². The Morgan fingerprint density at radius 1 is 1.47 bits per heavy atom. The van der Waals surface area contributed by atoms with E-state index in [1.807, 2.05) is 12.1 Å². The fourth-order valence-corrected chi connectivity index (χ4v) is 2.23. The average Bonchev–Trinajstić information content (AvgIpc) is 2.78. The van der Waals surface area contributed by atoms with Gasteiger partial charge in [-0.3, -0.25) is 4.79 Å². The lowest BCUT2D eigenvalue weighted by atomic mass is 10.1. The molecule has 0 unspecified atom stereocenters. The summed E-state index contributed by atoms with van der Waals surface area (Å²) in [6.45, 7) is 2.94. The Kier molecular flexibility index (Phi) is 6.25. The first kappa shape index (κ1) is 15.9. The largest absolute Gasteiger partial charge is 0.354 e. The number of nitrogens with one attached hydrogen (secondary N) is 2. The van der Waals surface area contributed by atoms with E-state index >= 15 is 0 Å². The molecule has 2 N–H and O–H groups in total. The Balaban J connectivity index is 0.00000180. The quantitative estimate of drug-likeness (QED) is 0.886. The molecule has 106 valence electrons. The van der Waals surface area contributed by atoms with Crippen molar-refractivity contribution in [1.29, 1.82) is 0 Å². The van der Waals surface area contributed by atoms with Crippen molar-refractivity contribution in [3.05, 3.63) is 35.4 Å². The van der Waals surface area contributed by atoms with Crippen LogP contribution in [0.25, 0.3) is 0 Å². The minimum absolute atomic E-state index is 0. The average molecular weight is 287 g/mol. The predicted octanol–water partition coefficient (Wildman–Crippen LogP) is 1.78. The van der Waals surface area contributed by atoms with E-state index in [0.29, 0.717) is 6.54 Å². The van der Waals surface area contributed by atoms with Crippen LogP contribution in [0.5, 0.6) is 0 Å². The lowest BCUT2D eigenvalue weighted by Crippen LogP contribution is -2.41. The maximum Gasteiger partial charge on any atom is 0.237 e. The molecule has 1 heterocycles. The van der Waals surface area contributed by atoms with Gasteiger partial charge in [0, 0.05) is 19.5 Å². The zero-order valence-corrected chi connectivity index (χ0v) is 11.8. The predicted molar refractivity (Wildman–Crippen MR) is 76.4 cm³/mol. The van der Waals surface area contributed by atoms with Crippen LogP contribution in [0.2, 0.25) is 0 Å². The highest BCUT2D eigenvalue weighted by Gasteiger charge is 2.28. The molecule has 3 nitrogen and oxygen atoms in total. The van der Waals surface area contributed by atoms with Crippen LogP contribution in [0.15, 0.2) is 24.3 Å². The van der Waals surface area contributed by atoms with Crippen molar-refractivity contribution in [1.82, 2.24) is 10.6 Å². The summed E-state index contributed by atoms with van der Waals surface area (Å²) in [5, 5.41) is 5.73. The van der Waals surface area contributed by atoms with Crippen LogP contribution < -0.4 is 10.6 Å². The van der Waals surface area contributed by atoms with E-state index in [1.165, 1.54) is 11.1 Å². The molecule has 2 rings (SSSR count). The lowest BCUT2D eigenvalue weighted by molar-refractivity contribution is -0.122. The highest BCUT2D eigenvalue weighted by molar-refractivity contribution is 5.85. The number of rotatable bonds is 4. The van der Waals surface area contributed by atoms with Gasteiger partial charge in [-0.25, -0.2) is 4.39 Å². The fraction of sp³-hybridized carbons (Fsp3) is 0.500. The van der Waals surface area contributed by atoms with Gasteiger partial charge in [-0.15, -0.1) is 12.4 Å². The van der Waals surface area contributed by atoms with Crippen LogP contribution in [0.4, 0.5) is 4.39 Å². The van der Waals surface area contributed by atoms with E-state index in [4.69, 9.17) is 0 Å².